The minimum absolute atomic E-state index is 0.391. The van der Waals surface area contributed by atoms with Crippen LogP contribution in [0.2, 0.25) is 0 Å². The highest BCUT2D eigenvalue weighted by molar-refractivity contribution is 4.95. The Balaban J connectivity index is 2.03. The zero-order valence-corrected chi connectivity index (χ0v) is 14.2. The predicted octanol–water partition coefficient (Wildman–Crippen LogP) is 4.04. The fourth-order valence-corrected chi connectivity index (χ4v) is 4.49. The molecule has 4 atom stereocenters. The molecule has 0 spiro atoms. The maximum absolute atomic E-state index is 6.31. The zero-order valence-electron chi connectivity index (χ0n) is 14.2. The van der Waals surface area contributed by atoms with Gasteiger partial charge in [-0.2, -0.15) is 0 Å². The Morgan fingerprint density at radius 1 is 1.10 bits per heavy atom. The Kier molecular flexibility index (Phi) is 5.53. The predicted molar refractivity (Wildman–Crippen MR) is 87.8 cm³/mol. The normalized spacial score (nSPS) is 39.5. The van der Waals surface area contributed by atoms with E-state index < -0.39 is 0 Å². The highest BCUT2D eigenvalue weighted by atomic mass is 15.2. The van der Waals surface area contributed by atoms with Gasteiger partial charge in [0.15, 0.2) is 0 Å². The van der Waals surface area contributed by atoms with Crippen LogP contribution in [0.15, 0.2) is 0 Å². The fourth-order valence-electron chi connectivity index (χ4n) is 4.49. The van der Waals surface area contributed by atoms with Crippen LogP contribution in [0.3, 0.4) is 0 Å². The van der Waals surface area contributed by atoms with Crippen molar-refractivity contribution in [2.75, 3.05) is 13.1 Å². The molecular weight excluding hydrogens is 244 g/mol. The molecule has 2 nitrogen and oxygen atoms in total. The summed E-state index contributed by atoms with van der Waals surface area (Å²) >= 11 is 0. The molecule has 4 unspecified atom stereocenters. The Morgan fingerprint density at radius 2 is 1.85 bits per heavy atom. The lowest BCUT2D eigenvalue weighted by Crippen LogP contribution is -2.51. The molecule has 2 N–H and O–H groups in total. The van der Waals surface area contributed by atoms with E-state index in [-0.39, 0.29) is 0 Å². The van der Waals surface area contributed by atoms with E-state index in [9.17, 15) is 0 Å². The number of nitrogens with zero attached hydrogens (tertiary/aromatic N) is 1. The van der Waals surface area contributed by atoms with Gasteiger partial charge >= 0.3 is 0 Å². The van der Waals surface area contributed by atoms with Crippen molar-refractivity contribution in [2.24, 2.45) is 23.0 Å². The molecule has 0 aromatic carbocycles. The SMILES string of the molecule is CCC1CCCCCN1CC1CCC(N)C(C)C1(C)C. The first-order valence-electron chi connectivity index (χ1n) is 8.96. The third-order valence-electron chi connectivity index (χ3n) is 6.64. The van der Waals surface area contributed by atoms with Gasteiger partial charge in [-0.25, -0.2) is 0 Å². The van der Waals surface area contributed by atoms with Gasteiger partial charge in [-0.15, -0.1) is 0 Å². The van der Waals surface area contributed by atoms with E-state index in [2.05, 4.69) is 32.6 Å². The Bertz CT molecular complexity index is 300. The molecule has 2 heteroatoms. The minimum atomic E-state index is 0.391. The number of hydrogen-bond donors (Lipinski definition) is 1. The van der Waals surface area contributed by atoms with Gasteiger partial charge in [-0.1, -0.05) is 40.5 Å². The van der Waals surface area contributed by atoms with Gasteiger partial charge in [0.05, 0.1) is 0 Å². The van der Waals surface area contributed by atoms with E-state index in [4.69, 9.17) is 5.73 Å². The lowest BCUT2D eigenvalue weighted by Gasteiger charge is -2.49. The molecule has 1 heterocycles. The van der Waals surface area contributed by atoms with Gasteiger partial charge in [0.1, 0.15) is 0 Å². The summed E-state index contributed by atoms with van der Waals surface area (Å²) in [4.78, 5) is 2.82. The van der Waals surface area contributed by atoms with Crippen molar-refractivity contribution in [2.45, 2.75) is 84.7 Å². The van der Waals surface area contributed by atoms with Crippen LogP contribution in [0.4, 0.5) is 0 Å². The molecule has 0 radical (unpaired) electrons. The molecule has 20 heavy (non-hydrogen) atoms. The van der Waals surface area contributed by atoms with Crippen molar-refractivity contribution >= 4 is 0 Å². The maximum Gasteiger partial charge on any atom is 0.00927 e. The Morgan fingerprint density at radius 3 is 2.55 bits per heavy atom. The summed E-state index contributed by atoms with van der Waals surface area (Å²) in [7, 11) is 0. The second-order valence-corrected chi connectivity index (χ2v) is 7.95. The Labute approximate surface area is 126 Å². The number of likely N-dealkylation sites (tertiary alicyclic amines) is 1. The molecule has 0 aromatic heterocycles. The molecule has 1 aliphatic carbocycles. The summed E-state index contributed by atoms with van der Waals surface area (Å²) in [6.45, 7) is 12.3. The summed E-state index contributed by atoms with van der Waals surface area (Å²) in [6.07, 6.45) is 9.55. The van der Waals surface area contributed by atoms with Crippen molar-refractivity contribution in [3.63, 3.8) is 0 Å². The van der Waals surface area contributed by atoms with Gasteiger partial charge in [-0.3, -0.25) is 0 Å². The molecule has 0 amide bonds. The van der Waals surface area contributed by atoms with Crippen molar-refractivity contribution in [3.8, 4) is 0 Å². The van der Waals surface area contributed by atoms with Crippen LogP contribution in [0.25, 0.3) is 0 Å². The van der Waals surface area contributed by atoms with Crippen molar-refractivity contribution < 1.29 is 0 Å². The second-order valence-electron chi connectivity index (χ2n) is 7.95. The first-order valence-corrected chi connectivity index (χ1v) is 8.96. The molecule has 2 rings (SSSR count). The van der Waals surface area contributed by atoms with E-state index in [1.807, 2.05) is 0 Å². The van der Waals surface area contributed by atoms with E-state index in [1.165, 1.54) is 58.0 Å². The minimum Gasteiger partial charge on any atom is -0.327 e. The van der Waals surface area contributed by atoms with Crippen LogP contribution in [0.5, 0.6) is 0 Å². The first kappa shape index (κ1) is 16.3. The summed E-state index contributed by atoms with van der Waals surface area (Å²) in [5, 5.41) is 0. The number of hydrogen-bond acceptors (Lipinski definition) is 2. The average molecular weight is 280 g/mol. The highest BCUT2D eigenvalue weighted by Gasteiger charge is 2.42. The first-order chi connectivity index (χ1) is 9.46. The molecule has 0 bridgehead atoms. The Hall–Kier alpha value is -0.0800. The fraction of sp³-hybridized carbons (Fsp3) is 1.00. The summed E-state index contributed by atoms with van der Waals surface area (Å²) < 4.78 is 0. The van der Waals surface area contributed by atoms with Gasteiger partial charge in [0.25, 0.3) is 0 Å². The molecule has 1 aliphatic heterocycles. The lowest BCUT2D eigenvalue weighted by molar-refractivity contribution is 0.0184. The standard InChI is InChI=1S/C18H36N2/c1-5-16-9-7-6-8-12-20(16)13-15-10-11-17(19)14(2)18(15,3)4/h14-17H,5-13,19H2,1-4H3. The smallest absolute Gasteiger partial charge is 0.00927 e. The van der Waals surface area contributed by atoms with Crippen LogP contribution in [-0.4, -0.2) is 30.1 Å². The van der Waals surface area contributed by atoms with E-state index in [0.717, 1.165) is 12.0 Å². The molecule has 0 aromatic rings. The summed E-state index contributed by atoms with van der Waals surface area (Å²) in [5.41, 5.74) is 6.71. The largest absolute Gasteiger partial charge is 0.327 e. The summed E-state index contributed by atoms with van der Waals surface area (Å²) in [5.74, 6) is 1.47. The van der Waals surface area contributed by atoms with Gasteiger partial charge < -0.3 is 10.6 Å². The zero-order chi connectivity index (χ0) is 14.8. The van der Waals surface area contributed by atoms with E-state index in [1.54, 1.807) is 0 Å². The van der Waals surface area contributed by atoms with E-state index in [0.29, 0.717) is 17.4 Å². The topological polar surface area (TPSA) is 29.3 Å². The average Bonchev–Trinajstić information content (AvgIpc) is 2.65. The third kappa shape index (κ3) is 3.39. The lowest BCUT2D eigenvalue weighted by atomic mass is 9.61. The quantitative estimate of drug-likeness (QED) is 0.845. The van der Waals surface area contributed by atoms with Crippen LogP contribution < -0.4 is 5.73 Å². The molecule has 1 saturated heterocycles. The molecule has 118 valence electrons. The van der Waals surface area contributed by atoms with Gasteiger partial charge in [0.2, 0.25) is 0 Å². The van der Waals surface area contributed by atoms with E-state index >= 15 is 0 Å². The summed E-state index contributed by atoms with van der Waals surface area (Å²) in [6, 6.07) is 1.24. The van der Waals surface area contributed by atoms with Crippen LogP contribution in [-0.2, 0) is 0 Å². The van der Waals surface area contributed by atoms with Crippen molar-refractivity contribution in [3.05, 3.63) is 0 Å². The van der Waals surface area contributed by atoms with Crippen LogP contribution in [0, 0.1) is 17.3 Å². The molecule has 2 aliphatic rings. The highest BCUT2D eigenvalue weighted by Crippen LogP contribution is 2.45. The van der Waals surface area contributed by atoms with Gasteiger partial charge in [0, 0.05) is 18.6 Å². The number of rotatable bonds is 3. The monoisotopic (exact) mass is 280 g/mol. The molecule has 2 fully saturated rings. The van der Waals surface area contributed by atoms with Crippen molar-refractivity contribution in [1.82, 2.24) is 4.90 Å². The molecule has 1 saturated carbocycles. The second kappa shape index (κ2) is 6.79. The van der Waals surface area contributed by atoms with Crippen LogP contribution in [0.1, 0.15) is 72.6 Å². The van der Waals surface area contributed by atoms with Crippen molar-refractivity contribution in [1.29, 1.82) is 0 Å². The van der Waals surface area contributed by atoms with Gasteiger partial charge in [-0.05, 0) is 55.9 Å². The van der Waals surface area contributed by atoms with Crippen LogP contribution >= 0.6 is 0 Å². The maximum atomic E-state index is 6.31. The molecular formula is C18H36N2. The third-order valence-corrected chi connectivity index (χ3v) is 6.64. The number of nitrogens with two attached hydrogens (primary N) is 1.